The quantitative estimate of drug-likeness (QED) is 0.317. The Kier molecular flexibility index (Phi) is 8.28. The summed E-state index contributed by atoms with van der Waals surface area (Å²) in [5.74, 6) is -0.138. The summed E-state index contributed by atoms with van der Waals surface area (Å²) in [6, 6.07) is 5.69. The Morgan fingerprint density at radius 1 is 1.26 bits per heavy atom. The number of hydrogen-bond acceptors (Lipinski definition) is 8. The third kappa shape index (κ3) is 6.32. The molecule has 0 radical (unpaired) electrons. The number of ether oxygens (including phenoxy) is 1. The zero-order valence-electron chi connectivity index (χ0n) is 20.0. The van der Waals surface area contributed by atoms with Gasteiger partial charge in [0.05, 0.1) is 11.5 Å². The summed E-state index contributed by atoms with van der Waals surface area (Å²) >= 11 is 0. The molecule has 3 rings (SSSR count). The molecule has 2 fully saturated rings. The summed E-state index contributed by atoms with van der Waals surface area (Å²) in [5, 5.41) is 23.5. The molecular formula is C22H34N4O7Si. The molecule has 2 aliphatic heterocycles. The molecule has 0 aliphatic carbocycles. The molecule has 1 aromatic carbocycles. The third-order valence-electron chi connectivity index (χ3n) is 5.96. The lowest BCUT2D eigenvalue weighted by Gasteiger charge is -2.43. The van der Waals surface area contributed by atoms with E-state index in [-0.39, 0.29) is 37.4 Å². The van der Waals surface area contributed by atoms with Crippen LogP contribution in [0.3, 0.4) is 0 Å². The number of carbonyl (C=O) groups excluding carboxylic acids is 2. The number of carbonyl (C=O) groups is 2. The van der Waals surface area contributed by atoms with Crippen LogP contribution in [-0.4, -0.2) is 91.1 Å². The summed E-state index contributed by atoms with van der Waals surface area (Å²) < 4.78 is 11.9. The first-order valence-corrected chi connectivity index (χ1v) is 14.9. The first-order chi connectivity index (χ1) is 16.0. The van der Waals surface area contributed by atoms with Gasteiger partial charge in [-0.15, -0.1) is 0 Å². The Bertz CT molecular complexity index is 890. The SMILES string of the molecule is C[Si](C)(C)OC1(C(=O)N2CCNCC2CCO)CCN(C(=O)OCc2ccc([N+](=O)[O-])cc2)C1. The van der Waals surface area contributed by atoms with Crippen molar-refractivity contribution in [3.63, 3.8) is 0 Å². The monoisotopic (exact) mass is 494 g/mol. The highest BCUT2D eigenvalue weighted by Gasteiger charge is 2.52. The number of benzene rings is 1. The molecule has 2 heterocycles. The smallest absolute Gasteiger partial charge is 0.410 e. The molecule has 2 unspecified atom stereocenters. The van der Waals surface area contributed by atoms with Crippen molar-refractivity contribution in [2.45, 2.75) is 50.7 Å². The number of aliphatic hydroxyl groups is 1. The van der Waals surface area contributed by atoms with Crippen LogP contribution >= 0.6 is 0 Å². The van der Waals surface area contributed by atoms with Crippen LogP contribution in [0.1, 0.15) is 18.4 Å². The number of likely N-dealkylation sites (tertiary alicyclic amines) is 1. The number of nitro benzene ring substituents is 1. The number of aliphatic hydroxyl groups excluding tert-OH is 1. The minimum atomic E-state index is -2.16. The molecule has 188 valence electrons. The van der Waals surface area contributed by atoms with E-state index in [2.05, 4.69) is 5.32 Å². The maximum absolute atomic E-state index is 13.8. The van der Waals surface area contributed by atoms with Gasteiger partial charge in [0.1, 0.15) is 6.61 Å². The summed E-state index contributed by atoms with van der Waals surface area (Å²) in [6.07, 6.45) is 0.292. The normalized spacial score (nSPS) is 23.1. The van der Waals surface area contributed by atoms with Gasteiger partial charge >= 0.3 is 6.09 Å². The molecule has 12 heteroatoms. The van der Waals surface area contributed by atoms with Gasteiger partial charge in [0.2, 0.25) is 0 Å². The van der Waals surface area contributed by atoms with Crippen LogP contribution < -0.4 is 5.32 Å². The van der Waals surface area contributed by atoms with Crippen molar-refractivity contribution in [2.24, 2.45) is 0 Å². The van der Waals surface area contributed by atoms with E-state index in [0.717, 1.165) is 0 Å². The Morgan fingerprint density at radius 2 is 1.97 bits per heavy atom. The van der Waals surface area contributed by atoms with Crippen molar-refractivity contribution in [2.75, 3.05) is 39.3 Å². The van der Waals surface area contributed by atoms with Crippen LogP contribution in [0.25, 0.3) is 0 Å². The minimum Gasteiger partial charge on any atom is -0.445 e. The zero-order chi connectivity index (χ0) is 24.9. The molecule has 2 saturated heterocycles. The molecule has 34 heavy (non-hydrogen) atoms. The van der Waals surface area contributed by atoms with E-state index in [1.165, 1.54) is 17.0 Å². The largest absolute Gasteiger partial charge is 0.445 e. The van der Waals surface area contributed by atoms with Crippen molar-refractivity contribution >= 4 is 26.0 Å². The number of piperazine rings is 1. The van der Waals surface area contributed by atoms with Gasteiger partial charge in [0.25, 0.3) is 11.6 Å². The van der Waals surface area contributed by atoms with Gasteiger partial charge in [0.15, 0.2) is 13.9 Å². The Balaban J connectivity index is 1.70. The highest BCUT2D eigenvalue weighted by Crippen LogP contribution is 2.33. The third-order valence-corrected chi connectivity index (χ3v) is 6.97. The van der Waals surface area contributed by atoms with Gasteiger partial charge in [0, 0.05) is 57.4 Å². The lowest BCUT2D eigenvalue weighted by atomic mass is 9.98. The fraction of sp³-hybridized carbons (Fsp3) is 0.636. The first kappa shape index (κ1) is 26.1. The van der Waals surface area contributed by atoms with Crippen LogP contribution in [0, 0.1) is 10.1 Å². The van der Waals surface area contributed by atoms with Gasteiger partial charge in [-0.2, -0.15) is 0 Å². The van der Waals surface area contributed by atoms with E-state index < -0.39 is 24.9 Å². The van der Waals surface area contributed by atoms with Crippen molar-refractivity contribution in [1.82, 2.24) is 15.1 Å². The van der Waals surface area contributed by atoms with Crippen molar-refractivity contribution < 1.29 is 28.8 Å². The van der Waals surface area contributed by atoms with Gasteiger partial charge in [-0.25, -0.2) is 4.79 Å². The number of rotatable bonds is 8. The standard InChI is InChI=1S/C22H34N4O7Si/c1-34(2,3)33-22(20(28)25-12-10-23-14-19(25)8-13-27)9-11-24(16-22)21(29)32-15-17-4-6-18(7-5-17)26(30)31/h4-7,19,23,27H,8-16H2,1-3H3. The molecule has 0 aromatic heterocycles. The highest BCUT2D eigenvalue weighted by molar-refractivity contribution is 6.70. The topological polar surface area (TPSA) is 134 Å². The molecular weight excluding hydrogens is 460 g/mol. The van der Waals surface area contributed by atoms with Crippen LogP contribution in [0.2, 0.25) is 19.6 Å². The second-order valence-corrected chi connectivity index (χ2v) is 14.2. The predicted octanol–water partition coefficient (Wildman–Crippen LogP) is 1.71. The highest BCUT2D eigenvalue weighted by atomic mass is 28.4. The van der Waals surface area contributed by atoms with E-state index in [1.807, 2.05) is 19.6 Å². The van der Waals surface area contributed by atoms with Crippen molar-refractivity contribution in [3.05, 3.63) is 39.9 Å². The van der Waals surface area contributed by atoms with Crippen LogP contribution in [0.4, 0.5) is 10.5 Å². The van der Waals surface area contributed by atoms with E-state index in [9.17, 15) is 24.8 Å². The Morgan fingerprint density at radius 3 is 2.59 bits per heavy atom. The molecule has 0 spiro atoms. The zero-order valence-corrected chi connectivity index (χ0v) is 21.0. The summed E-state index contributed by atoms with van der Waals surface area (Å²) in [7, 11) is -2.16. The van der Waals surface area contributed by atoms with Crippen molar-refractivity contribution in [3.8, 4) is 0 Å². The summed E-state index contributed by atoms with van der Waals surface area (Å²) in [4.78, 5) is 40.2. The minimum absolute atomic E-state index is 0.0148. The first-order valence-electron chi connectivity index (χ1n) is 11.5. The molecule has 11 nitrogen and oxygen atoms in total. The van der Waals surface area contributed by atoms with Gasteiger partial charge in [-0.1, -0.05) is 0 Å². The summed E-state index contributed by atoms with van der Waals surface area (Å²) in [6.45, 7) is 8.22. The molecule has 2 atom stereocenters. The van der Waals surface area contributed by atoms with Gasteiger partial charge in [-0.3, -0.25) is 14.9 Å². The molecule has 0 saturated carbocycles. The molecule has 2 amide bonds. The maximum Gasteiger partial charge on any atom is 0.410 e. The van der Waals surface area contributed by atoms with E-state index in [4.69, 9.17) is 9.16 Å². The van der Waals surface area contributed by atoms with Gasteiger partial charge in [-0.05, 0) is 43.8 Å². The van der Waals surface area contributed by atoms with Crippen LogP contribution in [-0.2, 0) is 20.6 Å². The molecule has 2 aliphatic rings. The average Bonchev–Trinajstić information content (AvgIpc) is 3.21. The summed E-state index contributed by atoms with van der Waals surface area (Å²) in [5.41, 5.74) is -0.539. The van der Waals surface area contributed by atoms with E-state index in [1.54, 1.807) is 17.0 Å². The second-order valence-electron chi connectivity index (χ2n) is 9.73. The number of nitrogens with zero attached hydrogens (tertiary/aromatic N) is 3. The van der Waals surface area contributed by atoms with E-state index >= 15 is 0 Å². The number of hydrogen-bond donors (Lipinski definition) is 2. The number of amides is 2. The van der Waals surface area contributed by atoms with Gasteiger partial charge < -0.3 is 29.4 Å². The second kappa shape index (κ2) is 10.8. The number of non-ortho nitro benzene ring substituents is 1. The Hall–Kier alpha value is -2.54. The molecule has 0 bridgehead atoms. The maximum atomic E-state index is 13.8. The lowest BCUT2D eigenvalue weighted by Crippen LogP contribution is -2.63. The van der Waals surface area contributed by atoms with Crippen LogP contribution in [0.15, 0.2) is 24.3 Å². The molecule has 1 aromatic rings. The fourth-order valence-corrected chi connectivity index (χ4v) is 5.90. The lowest BCUT2D eigenvalue weighted by molar-refractivity contribution is -0.384. The fourth-order valence-electron chi connectivity index (χ4n) is 4.47. The Labute approximate surface area is 200 Å². The van der Waals surface area contributed by atoms with Crippen LogP contribution in [0.5, 0.6) is 0 Å². The average molecular weight is 495 g/mol. The van der Waals surface area contributed by atoms with Crippen molar-refractivity contribution in [1.29, 1.82) is 0 Å². The number of nitrogens with one attached hydrogen (secondary N) is 1. The predicted molar refractivity (Wildman–Crippen MR) is 127 cm³/mol. The number of nitro groups is 1. The van der Waals surface area contributed by atoms with E-state index in [0.29, 0.717) is 44.6 Å². The molecule has 2 N–H and O–H groups in total.